The van der Waals surface area contributed by atoms with E-state index >= 15 is 0 Å². The third kappa shape index (κ3) is 7.09. The van der Waals surface area contributed by atoms with E-state index in [4.69, 9.17) is 0 Å². The Kier molecular flexibility index (Phi) is 9.51. The molecule has 0 radical (unpaired) electrons. The number of aliphatic imine (C=N–C) groups is 1. The number of para-hydroxylation sites is 1. The van der Waals surface area contributed by atoms with Crippen LogP contribution in [0.15, 0.2) is 72.0 Å². The van der Waals surface area contributed by atoms with Gasteiger partial charge in [0.2, 0.25) is 0 Å². The number of nitrogens with zero attached hydrogens (tertiary/aromatic N) is 4. The Morgan fingerprint density at radius 2 is 1.74 bits per heavy atom. The fraction of sp³-hybridized carbons (Fsp3) is 0.261. The molecule has 0 aliphatic heterocycles. The molecule has 0 bridgehead atoms. The lowest BCUT2D eigenvalue weighted by molar-refractivity contribution is 0.0827. The number of carbonyl (C=O) groups excluding carboxylic acids is 1. The summed E-state index contributed by atoms with van der Waals surface area (Å²) in [4.78, 5) is 17.8. The lowest BCUT2D eigenvalue weighted by Crippen LogP contribution is -2.37. The Bertz CT molecular complexity index is 983. The molecule has 0 saturated carbocycles. The van der Waals surface area contributed by atoms with Gasteiger partial charge in [0, 0.05) is 46.0 Å². The highest BCUT2D eigenvalue weighted by Gasteiger charge is 2.07. The summed E-state index contributed by atoms with van der Waals surface area (Å²) in [6, 6.07) is 17.7. The third-order valence-electron chi connectivity index (χ3n) is 4.65. The molecule has 1 aromatic heterocycles. The molecule has 0 spiro atoms. The van der Waals surface area contributed by atoms with E-state index in [-0.39, 0.29) is 29.9 Å². The average Bonchev–Trinajstić information content (AvgIpc) is 3.25. The minimum Gasteiger partial charge on any atom is -0.356 e. The van der Waals surface area contributed by atoms with Gasteiger partial charge < -0.3 is 15.5 Å². The van der Waals surface area contributed by atoms with Gasteiger partial charge in [-0.15, -0.1) is 24.0 Å². The SMILES string of the molecule is CN=C(NCCc1cnn(-c2ccccc2)c1)NCc1ccc(C(=O)N(C)C)cc1.I. The van der Waals surface area contributed by atoms with Gasteiger partial charge in [-0.3, -0.25) is 9.79 Å². The zero-order valence-electron chi connectivity index (χ0n) is 18.1. The molecule has 8 heteroatoms. The lowest BCUT2D eigenvalue weighted by atomic mass is 10.1. The van der Waals surface area contributed by atoms with Gasteiger partial charge >= 0.3 is 0 Å². The molecule has 1 heterocycles. The zero-order chi connectivity index (χ0) is 21.3. The molecule has 31 heavy (non-hydrogen) atoms. The zero-order valence-corrected chi connectivity index (χ0v) is 20.4. The van der Waals surface area contributed by atoms with Crippen molar-refractivity contribution < 1.29 is 4.79 Å². The highest BCUT2D eigenvalue weighted by atomic mass is 127. The number of amides is 1. The predicted molar refractivity (Wildman–Crippen MR) is 135 cm³/mol. The van der Waals surface area contributed by atoms with Crippen molar-refractivity contribution in [2.24, 2.45) is 4.99 Å². The molecule has 2 aromatic carbocycles. The van der Waals surface area contributed by atoms with Crippen LogP contribution in [-0.2, 0) is 13.0 Å². The van der Waals surface area contributed by atoms with E-state index in [1.165, 1.54) is 0 Å². The Morgan fingerprint density at radius 3 is 2.39 bits per heavy atom. The van der Waals surface area contributed by atoms with Crippen LogP contribution in [0.1, 0.15) is 21.5 Å². The highest BCUT2D eigenvalue weighted by molar-refractivity contribution is 14.0. The van der Waals surface area contributed by atoms with Crippen molar-refractivity contribution in [2.45, 2.75) is 13.0 Å². The smallest absolute Gasteiger partial charge is 0.253 e. The van der Waals surface area contributed by atoms with Gasteiger partial charge in [0.1, 0.15) is 0 Å². The monoisotopic (exact) mass is 532 g/mol. The molecule has 0 unspecified atom stereocenters. The van der Waals surface area contributed by atoms with Gasteiger partial charge in [-0.05, 0) is 41.8 Å². The Labute approximate surface area is 200 Å². The fourth-order valence-corrected chi connectivity index (χ4v) is 2.97. The Morgan fingerprint density at radius 1 is 1.03 bits per heavy atom. The minimum absolute atomic E-state index is 0. The van der Waals surface area contributed by atoms with Crippen LogP contribution >= 0.6 is 24.0 Å². The summed E-state index contributed by atoms with van der Waals surface area (Å²) in [5.41, 5.74) is 3.97. The number of aromatic nitrogens is 2. The van der Waals surface area contributed by atoms with Gasteiger partial charge in [0.15, 0.2) is 5.96 Å². The molecule has 0 fully saturated rings. The number of halogens is 1. The lowest BCUT2D eigenvalue weighted by Gasteiger charge is -2.13. The fourth-order valence-electron chi connectivity index (χ4n) is 2.97. The van der Waals surface area contributed by atoms with Crippen molar-refractivity contribution in [3.05, 3.63) is 83.7 Å². The molecule has 0 aliphatic carbocycles. The first kappa shape index (κ1) is 24.4. The molecule has 3 aromatic rings. The first-order valence-electron chi connectivity index (χ1n) is 9.91. The van der Waals surface area contributed by atoms with E-state index in [1.807, 2.05) is 71.7 Å². The van der Waals surface area contributed by atoms with E-state index < -0.39 is 0 Å². The molecule has 1 amide bonds. The van der Waals surface area contributed by atoms with E-state index in [0.717, 1.165) is 35.7 Å². The molecular weight excluding hydrogens is 503 g/mol. The van der Waals surface area contributed by atoms with E-state index in [1.54, 1.807) is 26.0 Å². The van der Waals surface area contributed by atoms with Crippen LogP contribution in [-0.4, -0.2) is 54.2 Å². The standard InChI is InChI=1S/C23H28N6O.HI/c1-24-23(26-15-18-9-11-20(12-10-18)22(30)28(2)3)25-14-13-19-16-27-29(17-19)21-7-5-4-6-8-21;/h4-12,16-17H,13-15H2,1-3H3,(H2,24,25,26);1H. The first-order valence-corrected chi connectivity index (χ1v) is 9.91. The highest BCUT2D eigenvalue weighted by Crippen LogP contribution is 2.08. The van der Waals surface area contributed by atoms with Crippen LogP contribution in [0.2, 0.25) is 0 Å². The van der Waals surface area contributed by atoms with Crippen molar-refractivity contribution in [2.75, 3.05) is 27.7 Å². The van der Waals surface area contributed by atoms with Crippen LogP contribution in [0.25, 0.3) is 5.69 Å². The molecule has 7 nitrogen and oxygen atoms in total. The maximum Gasteiger partial charge on any atom is 0.253 e. The van der Waals surface area contributed by atoms with Crippen LogP contribution < -0.4 is 10.6 Å². The molecule has 2 N–H and O–H groups in total. The second-order valence-corrected chi connectivity index (χ2v) is 7.13. The van der Waals surface area contributed by atoms with Gasteiger partial charge in [-0.2, -0.15) is 5.10 Å². The van der Waals surface area contributed by atoms with Crippen molar-refractivity contribution in [3.63, 3.8) is 0 Å². The number of carbonyl (C=O) groups is 1. The van der Waals surface area contributed by atoms with Gasteiger partial charge in [-0.25, -0.2) is 4.68 Å². The summed E-state index contributed by atoms with van der Waals surface area (Å²) in [5, 5.41) is 11.0. The Balaban J connectivity index is 0.00000341. The topological polar surface area (TPSA) is 74.5 Å². The summed E-state index contributed by atoms with van der Waals surface area (Å²) >= 11 is 0. The third-order valence-corrected chi connectivity index (χ3v) is 4.65. The molecule has 0 atom stereocenters. The number of rotatable bonds is 7. The van der Waals surface area contributed by atoms with E-state index in [9.17, 15) is 4.79 Å². The number of hydrogen-bond donors (Lipinski definition) is 2. The van der Waals surface area contributed by atoms with Crippen LogP contribution in [0.5, 0.6) is 0 Å². The normalized spacial score (nSPS) is 10.9. The van der Waals surface area contributed by atoms with E-state index in [2.05, 4.69) is 20.7 Å². The summed E-state index contributed by atoms with van der Waals surface area (Å²) < 4.78 is 1.88. The summed E-state index contributed by atoms with van der Waals surface area (Å²) in [6.45, 7) is 1.37. The first-order chi connectivity index (χ1) is 14.6. The Hall–Kier alpha value is -2.88. The van der Waals surface area contributed by atoms with Crippen molar-refractivity contribution in [3.8, 4) is 5.69 Å². The summed E-state index contributed by atoms with van der Waals surface area (Å²) in [5.74, 6) is 0.737. The average molecular weight is 532 g/mol. The van der Waals surface area contributed by atoms with Crippen LogP contribution in [0.4, 0.5) is 0 Å². The number of nitrogens with one attached hydrogen (secondary N) is 2. The van der Waals surface area contributed by atoms with Crippen LogP contribution in [0, 0.1) is 0 Å². The molecule has 164 valence electrons. The number of hydrogen-bond acceptors (Lipinski definition) is 3. The van der Waals surface area contributed by atoms with E-state index in [0.29, 0.717) is 12.1 Å². The van der Waals surface area contributed by atoms with Gasteiger partial charge in [-0.1, -0.05) is 30.3 Å². The van der Waals surface area contributed by atoms with Crippen molar-refractivity contribution >= 4 is 35.8 Å². The molecule has 3 rings (SSSR count). The molecule has 0 saturated heterocycles. The number of benzene rings is 2. The second kappa shape index (κ2) is 12.1. The second-order valence-electron chi connectivity index (χ2n) is 7.13. The minimum atomic E-state index is 0. The number of guanidine groups is 1. The van der Waals surface area contributed by atoms with Crippen molar-refractivity contribution in [1.82, 2.24) is 25.3 Å². The van der Waals surface area contributed by atoms with Crippen LogP contribution in [0.3, 0.4) is 0 Å². The quantitative estimate of drug-likeness (QED) is 0.279. The maximum absolute atomic E-state index is 12.0. The largest absolute Gasteiger partial charge is 0.356 e. The predicted octanol–water partition coefficient (Wildman–Crippen LogP) is 3.10. The van der Waals surface area contributed by atoms with Crippen molar-refractivity contribution in [1.29, 1.82) is 0 Å². The van der Waals surface area contributed by atoms with Gasteiger partial charge in [0.25, 0.3) is 5.91 Å². The maximum atomic E-state index is 12.0. The summed E-state index contributed by atoms with van der Waals surface area (Å²) in [7, 11) is 5.25. The molecular formula is C23H29IN6O. The molecule has 0 aliphatic rings. The van der Waals surface area contributed by atoms with Gasteiger partial charge in [0.05, 0.1) is 11.9 Å². The summed E-state index contributed by atoms with van der Waals surface area (Å²) in [6.07, 6.45) is 4.78.